The molecule has 0 aliphatic carbocycles. The summed E-state index contributed by atoms with van der Waals surface area (Å²) in [5, 5.41) is -0.0762. The Morgan fingerprint density at radius 3 is 2.53 bits per heavy atom. The highest BCUT2D eigenvalue weighted by atomic mass is 19.1. The fraction of sp³-hybridized carbons (Fsp3) is 0.261. The number of aromatic nitrogens is 2. The van der Waals surface area contributed by atoms with Crippen LogP contribution in [0.5, 0.6) is 0 Å². The molecular weight excluding hydrogens is 415 g/mol. The van der Waals surface area contributed by atoms with Crippen LogP contribution < -0.4 is 0 Å². The minimum atomic E-state index is -0.868. The van der Waals surface area contributed by atoms with E-state index < -0.39 is 23.5 Å². The Bertz CT molecular complexity index is 1240. The van der Waals surface area contributed by atoms with Crippen LogP contribution in [0.1, 0.15) is 45.1 Å². The summed E-state index contributed by atoms with van der Waals surface area (Å²) in [5.74, 6) is -2.87. The van der Waals surface area contributed by atoms with Crippen LogP contribution in [0.3, 0.4) is 0 Å². The van der Waals surface area contributed by atoms with Gasteiger partial charge in [-0.3, -0.25) is 24.2 Å². The molecule has 1 saturated heterocycles. The topological polar surface area (TPSA) is 103 Å². The summed E-state index contributed by atoms with van der Waals surface area (Å²) in [6, 6.07) is 7.09. The number of pyridine rings is 1. The number of Topliss-reactive ketones (excluding diaryl/α,β-unsaturated/α-hetero) is 2. The smallest absolute Gasteiger partial charge is 0.295 e. The Hall–Kier alpha value is -3.88. The van der Waals surface area contributed by atoms with Crippen LogP contribution in [0.25, 0.3) is 10.9 Å². The first-order chi connectivity index (χ1) is 15.3. The fourth-order valence-electron chi connectivity index (χ4n) is 4.02. The van der Waals surface area contributed by atoms with Gasteiger partial charge in [0.25, 0.3) is 17.6 Å². The van der Waals surface area contributed by atoms with Crippen molar-refractivity contribution < 1.29 is 23.6 Å². The van der Waals surface area contributed by atoms with Crippen molar-refractivity contribution in [3.05, 3.63) is 65.4 Å². The summed E-state index contributed by atoms with van der Waals surface area (Å²) in [6.45, 7) is 3.73. The van der Waals surface area contributed by atoms with E-state index in [2.05, 4.69) is 9.97 Å². The fourth-order valence-corrected chi connectivity index (χ4v) is 4.02. The number of rotatable bonds is 4. The maximum absolute atomic E-state index is 14.5. The number of fused-ring (bicyclic) bond motifs is 1. The van der Waals surface area contributed by atoms with Crippen LogP contribution in [-0.4, -0.2) is 68.8 Å². The number of nitrogens with zero attached hydrogens (tertiary/aromatic N) is 3. The molecule has 164 valence electrons. The van der Waals surface area contributed by atoms with E-state index in [1.807, 2.05) is 0 Å². The number of piperazine rings is 1. The predicted octanol–water partition coefficient (Wildman–Crippen LogP) is 2.46. The van der Waals surface area contributed by atoms with Gasteiger partial charge in [-0.25, -0.2) is 4.39 Å². The van der Waals surface area contributed by atoms with E-state index in [0.717, 1.165) is 6.07 Å². The van der Waals surface area contributed by atoms with Crippen molar-refractivity contribution >= 4 is 34.3 Å². The van der Waals surface area contributed by atoms with Crippen LogP contribution in [0, 0.1) is 5.82 Å². The third-order valence-electron chi connectivity index (χ3n) is 5.66. The third-order valence-corrected chi connectivity index (χ3v) is 5.66. The molecule has 0 radical (unpaired) electrons. The molecule has 9 heteroatoms. The van der Waals surface area contributed by atoms with E-state index in [1.54, 1.807) is 30.0 Å². The number of halogens is 1. The van der Waals surface area contributed by atoms with Crippen LogP contribution in [0.15, 0.2) is 42.7 Å². The maximum Gasteiger partial charge on any atom is 0.295 e. The number of benzene rings is 1. The van der Waals surface area contributed by atoms with Crippen molar-refractivity contribution in [2.45, 2.75) is 19.9 Å². The van der Waals surface area contributed by atoms with E-state index in [4.69, 9.17) is 0 Å². The number of ketones is 2. The second-order valence-electron chi connectivity index (χ2n) is 7.75. The molecule has 0 saturated carbocycles. The van der Waals surface area contributed by atoms with E-state index in [1.165, 1.54) is 30.3 Å². The molecule has 32 heavy (non-hydrogen) atoms. The van der Waals surface area contributed by atoms with E-state index in [9.17, 15) is 23.6 Å². The lowest BCUT2D eigenvalue weighted by atomic mass is 10.0. The van der Waals surface area contributed by atoms with Crippen molar-refractivity contribution in [3.8, 4) is 0 Å². The average molecular weight is 436 g/mol. The van der Waals surface area contributed by atoms with E-state index in [-0.39, 0.29) is 53.4 Å². The average Bonchev–Trinajstić information content (AvgIpc) is 3.24. The molecule has 3 heterocycles. The SMILES string of the molecule is CC(=O)c1ccc(F)c2c(C(=O)C(=O)N3CCN(C(=O)c4ccccn4)C[C@H]3C)c[nH]c12. The van der Waals surface area contributed by atoms with Gasteiger partial charge in [-0.05, 0) is 38.1 Å². The number of aromatic amines is 1. The number of hydrogen-bond acceptors (Lipinski definition) is 5. The number of H-pyrrole nitrogens is 1. The molecule has 8 nitrogen and oxygen atoms in total. The zero-order chi connectivity index (χ0) is 23.0. The largest absolute Gasteiger partial charge is 0.360 e. The Morgan fingerprint density at radius 2 is 1.88 bits per heavy atom. The normalized spacial score (nSPS) is 16.3. The van der Waals surface area contributed by atoms with Crippen molar-refractivity contribution in [3.63, 3.8) is 0 Å². The van der Waals surface area contributed by atoms with Gasteiger partial charge in [-0.15, -0.1) is 0 Å². The Balaban J connectivity index is 1.54. The van der Waals surface area contributed by atoms with E-state index >= 15 is 0 Å². The van der Waals surface area contributed by atoms with Crippen LogP contribution in [0.2, 0.25) is 0 Å². The van der Waals surface area contributed by atoms with Crippen LogP contribution in [0.4, 0.5) is 4.39 Å². The molecule has 1 fully saturated rings. The summed E-state index contributed by atoms with van der Waals surface area (Å²) in [6.07, 6.45) is 2.79. The number of amides is 2. The van der Waals surface area contributed by atoms with Gasteiger partial charge in [-0.2, -0.15) is 0 Å². The second kappa shape index (κ2) is 8.33. The van der Waals surface area contributed by atoms with Crippen molar-refractivity contribution in [2.75, 3.05) is 19.6 Å². The van der Waals surface area contributed by atoms with Gasteiger partial charge in [0, 0.05) is 49.0 Å². The van der Waals surface area contributed by atoms with Crippen LogP contribution in [-0.2, 0) is 4.79 Å². The third kappa shape index (κ3) is 3.66. The molecule has 0 bridgehead atoms. The molecule has 1 N–H and O–H groups in total. The van der Waals surface area contributed by atoms with Gasteiger partial charge in [0.2, 0.25) is 0 Å². The number of nitrogens with one attached hydrogen (secondary N) is 1. The number of carbonyl (C=O) groups is 4. The molecule has 0 spiro atoms. The standard InChI is InChI=1S/C23H21FN4O4/c1-13-12-27(22(31)18-5-3-4-8-25-18)9-10-28(13)23(32)21(30)16-11-26-20-15(14(2)29)6-7-17(24)19(16)20/h3-8,11,13,26H,9-10,12H2,1-2H3/t13-/m1/s1. The molecule has 1 atom stereocenters. The van der Waals surface area contributed by atoms with Crippen molar-refractivity contribution in [1.82, 2.24) is 19.8 Å². The van der Waals surface area contributed by atoms with Crippen LogP contribution >= 0.6 is 0 Å². The van der Waals surface area contributed by atoms with Gasteiger partial charge in [0.15, 0.2) is 5.78 Å². The van der Waals surface area contributed by atoms with Crippen molar-refractivity contribution in [1.29, 1.82) is 0 Å². The predicted molar refractivity (Wildman–Crippen MR) is 114 cm³/mol. The van der Waals surface area contributed by atoms with Crippen molar-refractivity contribution in [2.24, 2.45) is 0 Å². The molecule has 1 aromatic carbocycles. The van der Waals surface area contributed by atoms with Gasteiger partial charge in [0.1, 0.15) is 11.5 Å². The zero-order valence-electron chi connectivity index (χ0n) is 17.6. The first-order valence-electron chi connectivity index (χ1n) is 10.2. The minimum Gasteiger partial charge on any atom is -0.360 e. The quantitative estimate of drug-likeness (QED) is 0.500. The summed E-state index contributed by atoms with van der Waals surface area (Å²) in [5.41, 5.74) is 0.617. The van der Waals surface area contributed by atoms with Gasteiger partial charge in [-0.1, -0.05) is 6.07 Å². The summed E-state index contributed by atoms with van der Waals surface area (Å²) in [7, 11) is 0. The minimum absolute atomic E-state index is 0.0762. The highest BCUT2D eigenvalue weighted by molar-refractivity contribution is 6.45. The van der Waals surface area contributed by atoms with E-state index in [0.29, 0.717) is 5.69 Å². The molecule has 0 unspecified atom stereocenters. The maximum atomic E-state index is 14.5. The molecule has 4 rings (SSSR count). The summed E-state index contributed by atoms with van der Waals surface area (Å²) < 4.78 is 14.5. The zero-order valence-corrected chi connectivity index (χ0v) is 17.6. The lowest BCUT2D eigenvalue weighted by Gasteiger charge is -2.39. The lowest BCUT2D eigenvalue weighted by Crippen LogP contribution is -2.56. The summed E-state index contributed by atoms with van der Waals surface area (Å²) >= 11 is 0. The second-order valence-corrected chi connectivity index (χ2v) is 7.75. The Morgan fingerprint density at radius 1 is 1.09 bits per heavy atom. The molecular formula is C23H21FN4O4. The highest BCUT2D eigenvalue weighted by Crippen LogP contribution is 2.26. The monoisotopic (exact) mass is 436 g/mol. The van der Waals surface area contributed by atoms with Gasteiger partial charge in [0.05, 0.1) is 11.1 Å². The Kier molecular flexibility index (Phi) is 5.56. The highest BCUT2D eigenvalue weighted by Gasteiger charge is 2.35. The first kappa shape index (κ1) is 21.4. The van der Waals surface area contributed by atoms with Gasteiger partial charge >= 0.3 is 0 Å². The number of carbonyl (C=O) groups excluding carboxylic acids is 4. The molecule has 2 aromatic heterocycles. The number of hydrogen-bond donors (Lipinski definition) is 1. The van der Waals surface area contributed by atoms with Gasteiger partial charge < -0.3 is 14.8 Å². The first-order valence-corrected chi connectivity index (χ1v) is 10.2. The molecule has 1 aliphatic rings. The molecule has 2 amide bonds. The lowest BCUT2D eigenvalue weighted by molar-refractivity contribution is -0.130. The summed E-state index contributed by atoms with van der Waals surface area (Å²) in [4.78, 5) is 60.2. The molecule has 1 aliphatic heterocycles. The Labute approximate surface area is 183 Å². The molecule has 3 aromatic rings.